The summed E-state index contributed by atoms with van der Waals surface area (Å²) in [6.45, 7) is 1.53. The molecule has 6 heteroatoms. The number of carbonyl (C=O) groups is 2. The van der Waals surface area contributed by atoms with E-state index in [4.69, 9.17) is 11.6 Å². The molecule has 2 aliphatic rings. The number of halogens is 1. The van der Waals surface area contributed by atoms with E-state index in [0.29, 0.717) is 10.9 Å². The van der Waals surface area contributed by atoms with Gasteiger partial charge < -0.3 is 16.0 Å². The third-order valence-electron chi connectivity index (χ3n) is 5.54. The molecular weight excluding hydrogens is 350 g/mol. The molecule has 0 saturated heterocycles. The third-order valence-corrected chi connectivity index (χ3v) is 5.78. The third kappa shape index (κ3) is 5.13. The molecule has 1 aromatic carbocycles. The molecule has 2 saturated carbocycles. The van der Waals surface area contributed by atoms with Gasteiger partial charge in [-0.2, -0.15) is 0 Å². The lowest BCUT2D eigenvalue weighted by atomic mass is 9.92. The Kier molecular flexibility index (Phi) is 6.41. The molecule has 5 nitrogen and oxygen atoms in total. The topological polar surface area (TPSA) is 70.2 Å². The Hall–Kier alpha value is -1.75. The van der Waals surface area contributed by atoms with Crippen LogP contribution in [0.15, 0.2) is 24.3 Å². The van der Waals surface area contributed by atoms with E-state index in [2.05, 4.69) is 16.0 Å². The first-order valence-electron chi connectivity index (χ1n) is 9.61. The summed E-state index contributed by atoms with van der Waals surface area (Å²) < 4.78 is 0. The first-order chi connectivity index (χ1) is 12.5. The van der Waals surface area contributed by atoms with Crippen LogP contribution in [0.5, 0.6) is 0 Å². The summed E-state index contributed by atoms with van der Waals surface area (Å²) in [5.74, 6) is 0.442. The van der Waals surface area contributed by atoms with Gasteiger partial charge in [-0.1, -0.05) is 36.6 Å². The Morgan fingerprint density at radius 1 is 1.08 bits per heavy atom. The van der Waals surface area contributed by atoms with Crippen LogP contribution in [0.4, 0.5) is 4.79 Å². The van der Waals surface area contributed by atoms with Crippen LogP contribution in [0.2, 0.25) is 5.02 Å². The van der Waals surface area contributed by atoms with E-state index >= 15 is 0 Å². The van der Waals surface area contributed by atoms with Crippen LogP contribution in [0, 0.1) is 5.92 Å². The van der Waals surface area contributed by atoms with Crippen molar-refractivity contribution in [2.75, 3.05) is 0 Å². The van der Waals surface area contributed by atoms with Gasteiger partial charge in [-0.25, -0.2) is 4.79 Å². The van der Waals surface area contributed by atoms with Crippen LogP contribution in [0.25, 0.3) is 0 Å². The van der Waals surface area contributed by atoms with Gasteiger partial charge in [0.25, 0.3) is 0 Å². The quantitative estimate of drug-likeness (QED) is 0.727. The maximum absolute atomic E-state index is 12.6. The Labute approximate surface area is 160 Å². The van der Waals surface area contributed by atoms with E-state index in [-0.39, 0.29) is 30.1 Å². The molecule has 1 aromatic rings. The maximum Gasteiger partial charge on any atom is 0.315 e. The molecule has 0 bridgehead atoms. The summed E-state index contributed by atoms with van der Waals surface area (Å²) in [7, 11) is 0. The van der Waals surface area contributed by atoms with Crippen LogP contribution in [0.1, 0.15) is 63.5 Å². The monoisotopic (exact) mass is 377 g/mol. The van der Waals surface area contributed by atoms with Crippen LogP contribution in [-0.4, -0.2) is 24.0 Å². The van der Waals surface area contributed by atoms with Crippen molar-refractivity contribution >= 4 is 23.5 Å². The number of urea groups is 1. The standard InChI is InChI=1S/C20H28ClN3O2/c1-13(25)22-17-9-10-18(12-17)23-20(26)24-19(14-5-2-3-6-14)15-7-4-8-16(21)11-15/h4,7-8,11,14,17-19H,2-3,5-6,9-10,12H2,1H3,(H,22,25)(H2,23,24,26). The van der Waals surface area contributed by atoms with E-state index < -0.39 is 0 Å². The summed E-state index contributed by atoms with van der Waals surface area (Å²) in [4.78, 5) is 23.8. The number of carbonyl (C=O) groups excluding carboxylic acids is 2. The first-order valence-corrected chi connectivity index (χ1v) is 9.98. The molecule has 0 spiro atoms. The van der Waals surface area contributed by atoms with Crippen molar-refractivity contribution in [2.24, 2.45) is 5.92 Å². The minimum absolute atomic E-state index is 0.0104. The largest absolute Gasteiger partial charge is 0.354 e. The fourth-order valence-electron chi connectivity index (χ4n) is 4.36. The lowest BCUT2D eigenvalue weighted by molar-refractivity contribution is -0.119. The highest BCUT2D eigenvalue weighted by molar-refractivity contribution is 6.30. The van der Waals surface area contributed by atoms with E-state index in [1.807, 2.05) is 24.3 Å². The molecule has 3 rings (SSSR count). The highest BCUT2D eigenvalue weighted by Crippen LogP contribution is 2.36. The van der Waals surface area contributed by atoms with Crippen molar-refractivity contribution in [1.29, 1.82) is 0 Å². The summed E-state index contributed by atoms with van der Waals surface area (Å²) >= 11 is 6.16. The highest BCUT2D eigenvalue weighted by Gasteiger charge is 2.30. The lowest BCUT2D eigenvalue weighted by Gasteiger charge is -2.26. The number of hydrogen-bond acceptors (Lipinski definition) is 2. The summed E-state index contributed by atoms with van der Waals surface area (Å²) in [6, 6.07) is 7.92. The van der Waals surface area contributed by atoms with E-state index in [0.717, 1.165) is 37.7 Å². The fraction of sp³-hybridized carbons (Fsp3) is 0.600. The number of benzene rings is 1. The van der Waals surface area contributed by atoms with Crippen LogP contribution < -0.4 is 16.0 Å². The van der Waals surface area contributed by atoms with E-state index in [1.165, 1.54) is 19.8 Å². The minimum atomic E-state index is -0.129. The molecule has 3 amide bonds. The Morgan fingerprint density at radius 3 is 2.42 bits per heavy atom. The summed E-state index contributed by atoms with van der Waals surface area (Å²) in [5.41, 5.74) is 1.07. The SMILES string of the molecule is CC(=O)NC1CCC(NC(=O)NC(c2cccc(Cl)c2)C2CCCC2)C1. The second-order valence-electron chi connectivity index (χ2n) is 7.60. The molecule has 2 fully saturated rings. The zero-order valence-electron chi connectivity index (χ0n) is 15.3. The van der Waals surface area contributed by atoms with Crippen molar-refractivity contribution in [3.05, 3.63) is 34.9 Å². The summed E-state index contributed by atoms with van der Waals surface area (Å²) in [6.07, 6.45) is 7.28. The molecule has 0 aromatic heterocycles. The van der Waals surface area contributed by atoms with Gasteiger partial charge in [-0.15, -0.1) is 0 Å². The Bertz CT molecular complexity index is 646. The van der Waals surface area contributed by atoms with Gasteiger partial charge in [0.1, 0.15) is 0 Å². The van der Waals surface area contributed by atoms with Crippen molar-refractivity contribution in [2.45, 2.75) is 70.0 Å². The molecular formula is C20H28ClN3O2. The van der Waals surface area contributed by atoms with Gasteiger partial charge in [0.05, 0.1) is 6.04 Å². The van der Waals surface area contributed by atoms with Gasteiger partial charge in [0.15, 0.2) is 0 Å². The number of nitrogens with one attached hydrogen (secondary N) is 3. The predicted octanol–water partition coefficient (Wildman–Crippen LogP) is 3.93. The number of amides is 3. The minimum Gasteiger partial charge on any atom is -0.354 e. The molecule has 3 unspecified atom stereocenters. The highest BCUT2D eigenvalue weighted by atomic mass is 35.5. The number of rotatable bonds is 5. The van der Waals surface area contributed by atoms with Gasteiger partial charge in [-0.05, 0) is 55.7 Å². The molecule has 3 atom stereocenters. The molecule has 2 aliphatic carbocycles. The molecule has 142 valence electrons. The maximum atomic E-state index is 12.6. The van der Waals surface area contributed by atoms with Crippen molar-refractivity contribution in [3.63, 3.8) is 0 Å². The fourth-order valence-corrected chi connectivity index (χ4v) is 4.56. The van der Waals surface area contributed by atoms with Gasteiger partial charge >= 0.3 is 6.03 Å². The molecule has 0 aliphatic heterocycles. The van der Waals surface area contributed by atoms with Crippen molar-refractivity contribution in [1.82, 2.24) is 16.0 Å². The predicted molar refractivity (Wildman–Crippen MR) is 103 cm³/mol. The van der Waals surface area contributed by atoms with Crippen LogP contribution in [-0.2, 0) is 4.79 Å². The van der Waals surface area contributed by atoms with Crippen LogP contribution in [0.3, 0.4) is 0 Å². The van der Waals surface area contributed by atoms with Crippen molar-refractivity contribution in [3.8, 4) is 0 Å². The van der Waals surface area contributed by atoms with E-state index in [1.54, 1.807) is 0 Å². The second kappa shape index (κ2) is 8.76. The van der Waals surface area contributed by atoms with Crippen molar-refractivity contribution < 1.29 is 9.59 Å². The zero-order valence-corrected chi connectivity index (χ0v) is 16.0. The lowest BCUT2D eigenvalue weighted by Crippen LogP contribution is -2.44. The Morgan fingerprint density at radius 2 is 1.77 bits per heavy atom. The second-order valence-corrected chi connectivity index (χ2v) is 8.04. The average molecular weight is 378 g/mol. The normalized spacial score (nSPS) is 24.2. The summed E-state index contributed by atoms with van der Waals surface area (Å²) in [5, 5.41) is 9.91. The molecule has 0 radical (unpaired) electrons. The number of hydrogen-bond donors (Lipinski definition) is 3. The van der Waals surface area contributed by atoms with Crippen LogP contribution >= 0.6 is 11.6 Å². The van der Waals surface area contributed by atoms with Gasteiger partial charge in [0.2, 0.25) is 5.91 Å². The first kappa shape index (κ1) is 19.0. The van der Waals surface area contributed by atoms with Gasteiger partial charge in [0, 0.05) is 24.0 Å². The smallest absolute Gasteiger partial charge is 0.315 e. The molecule has 3 N–H and O–H groups in total. The Balaban J connectivity index is 1.60. The molecule has 26 heavy (non-hydrogen) atoms. The zero-order chi connectivity index (χ0) is 18.5. The molecule has 0 heterocycles. The average Bonchev–Trinajstić information content (AvgIpc) is 3.24. The van der Waals surface area contributed by atoms with Gasteiger partial charge in [-0.3, -0.25) is 4.79 Å². The van der Waals surface area contributed by atoms with E-state index in [9.17, 15) is 9.59 Å².